The van der Waals surface area contributed by atoms with Crippen molar-refractivity contribution in [3.63, 3.8) is 0 Å². The molecule has 170 valence electrons. The van der Waals surface area contributed by atoms with Gasteiger partial charge >= 0.3 is 5.97 Å². The topological polar surface area (TPSA) is 80.3 Å². The minimum absolute atomic E-state index is 0.0286. The van der Waals surface area contributed by atoms with Gasteiger partial charge in [-0.3, -0.25) is 4.90 Å². The van der Waals surface area contributed by atoms with Crippen molar-refractivity contribution in [2.75, 3.05) is 32.3 Å². The first-order chi connectivity index (χ1) is 15.3. The van der Waals surface area contributed by atoms with Crippen molar-refractivity contribution in [2.24, 2.45) is 0 Å². The van der Waals surface area contributed by atoms with Gasteiger partial charge in [0.2, 0.25) is 0 Å². The molecule has 0 fully saturated rings. The fourth-order valence-electron chi connectivity index (χ4n) is 3.62. The smallest absolute Gasteiger partial charge is 0.338 e. The molecule has 0 saturated carbocycles. The summed E-state index contributed by atoms with van der Waals surface area (Å²) in [5, 5.41) is 14.0. The van der Waals surface area contributed by atoms with Gasteiger partial charge in [-0.2, -0.15) is 0 Å². The highest BCUT2D eigenvalue weighted by atomic mass is 32.1. The van der Waals surface area contributed by atoms with Gasteiger partial charge in [0.25, 0.3) is 0 Å². The van der Waals surface area contributed by atoms with Crippen LogP contribution in [0.4, 0.5) is 5.69 Å². The van der Waals surface area contributed by atoms with E-state index in [1.54, 1.807) is 25.3 Å². The number of phenolic OH excluding ortho intramolecular Hbond substituents is 1. The predicted molar refractivity (Wildman–Crippen MR) is 127 cm³/mol. The summed E-state index contributed by atoms with van der Waals surface area (Å²) in [5.41, 5.74) is 4.84. The molecule has 2 aromatic rings. The number of allylic oxidation sites excluding steroid dienone is 1. The number of aromatic hydroxyl groups is 1. The third-order valence-corrected chi connectivity index (χ3v) is 5.81. The van der Waals surface area contributed by atoms with Crippen LogP contribution in [0, 0.1) is 13.8 Å². The molecular formula is C24H28N2O5S. The molecule has 3 rings (SSSR count). The normalized spacial score (nSPS) is 16.1. The zero-order valence-electron chi connectivity index (χ0n) is 18.9. The minimum Gasteiger partial charge on any atom is -0.504 e. The number of methoxy groups -OCH3 is 2. The Morgan fingerprint density at radius 3 is 2.47 bits per heavy atom. The van der Waals surface area contributed by atoms with Gasteiger partial charge in [-0.25, -0.2) is 4.79 Å². The van der Waals surface area contributed by atoms with Crippen LogP contribution in [0.3, 0.4) is 0 Å². The quantitative estimate of drug-likeness (QED) is 0.369. The third-order valence-electron chi connectivity index (χ3n) is 5.51. The van der Waals surface area contributed by atoms with Crippen LogP contribution in [0.5, 0.6) is 11.5 Å². The molecule has 0 unspecified atom stereocenters. The number of hydrogen-bond acceptors (Lipinski definition) is 6. The fourth-order valence-corrected chi connectivity index (χ4v) is 3.98. The SMILES string of the molecule is COCCOC(=O)C1=C(C)N(c2ccc(C)c(C)c2)C(=S)N[C@@H]1c1ccc(OC)c(O)c1. The summed E-state index contributed by atoms with van der Waals surface area (Å²) in [5.74, 6) is -0.170. The molecule has 1 aliphatic heterocycles. The lowest BCUT2D eigenvalue weighted by Gasteiger charge is -2.37. The highest BCUT2D eigenvalue weighted by Crippen LogP contribution is 2.37. The average Bonchev–Trinajstić information content (AvgIpc) is 2.75. The molecule has 1 atom stereocenters. The molecule has 0 aromatic heterocycles. The van der Waals surface area contributed by atoms with Crippen molar-refractivity contribution >= 4 is 29.0 Å². The summed E-state index contributed by atoms with van der Waals surface area (Å²) in [4.78, 5) is 15.0. The predicted octanol–water partition coefficient (Wildman–Crippen LogP) is 3.92. The Bertz CT molecular complexity index is 1070. The molecule has 7 nitrogen and oxygen atoms in total. The number of ether oxygens (including phenoxy) is 3. The molecule has 32 heavy (non-hydrogen) atoms. The number of nitrogens with zero attached hydrogens (tertiary/aromatic N) is 1. The summed E-state index contributed by atoms with van der Waals surface area (Å²) >= 11 is 5.69. The van der Waals surface area contributed by atoms with Crippen LogP contribution in [0.15, 0.2) is 47.7 Å². The second-order valence-electron chi connectivity index (χ2n) is 7.55. The van der Waals surface area contributed by atoms with Crippen LogP contribution in [-0.4, -0.2) is 43.6 Å². The Morgan fingerprint density at radius 2 is 1.84 bits per heavy atom. The number of carbonyl (C=O) groups is 1. The van der Waals surface area contributed by atoms with E-state index in [0.29, 0.717) is 34.3 Å². The number of esters is 1. The number of thiocarbonyl (C=S) groups is 1. The van der Waals surface area contributed by atoms with E-state index in [-0.39, 0.29) is 12.4 Å². The molecule has 2 N–H and O–H groups in total. The van der Waals surface area contributed by atoms with Crippen LogP contribution < -0.4 is 15.0 Å². The second-order valence-corrected chi connectivity index (χ2v) is 7.93. The molecule has 1 aliphatic rings. The van der Waals surface area contributed by atoms with Gasteiger partial charge in [-0.15, -0.1) is 0 Å². The van der Waals surface area contributed by atoms with E-state index in [1.807, 2.05) is 43.9 Å². The maximum absolute atomic E-state index is 13.1. The van der Waals surface area contributed by atoms with E-state index in [2.05, 4.69) is 5.32 Å². The number of phenols is 1. The second kappa shape index (κ2) is 10.0. The molecule has 0 aliphatic carbocycles. The molecule has 0 bridgehead atoms. The number of anilines is 1. The molecule has 0 saturated heterocycles. The Morgan fingerprint density at radius 1 is 1.09 bits per heavy atom. The molecule has 0 amide bonds. The van der Waals surface area contributed by atoms with Crippen molar-refractivity contribution in [3.05, 3.63) is 64.4 Å². The summed E-state index contributed by atoms with van der Waals surface area (Å²) < 4.78 is 15.6. The zero-order chi connectivity index (χ0) is 23.4. The van der Waals surface area contributed by atoms with E-state index in [9.17, 15) is 9.90 Å². The van der Waals surface area contributed by atoms with Crippen LogP contribution in [-0.2, 0) is 14.3 Å². The maximum Gasteiger partial charge on any atom is 0.338 e. The molecule has 0 spiro atoms. The van der Waals surface area contributed by atoms with Crippen LogP contribution in [0.1, 0.15) is 29.7 Å². The van der Waals surface area contributed by atoms with Crippen LogP contribution >= 0.6 is 12.2 Å². The number of hydrogen-bond donors (Lipinski definition) is 2. The number of carbonyl (C=O) groups excluding carboxylic acids is 1. The highest BCUT2D eigenvalue weighted by Gasteiger charge is 2.36. The van der Waals surface area contributed by atoms with Gasteiger partial charge in [0.1, 0.15) is 6.61 Å². The Balaban J connectivity index is 2.10. The van der Waals surface area contributed by atoms with Gasteiger partial charge < -0.3 is 24.6 Å². The van der Waals surface area contributed by atoms with Gasteiger partial charge in [-0.05, 0) is 73.9 Å². The third kappa shape index (κ3) is 4.71. The largest absolute Gasteiger partial charge is 0.504 e. The van der Waals surface area contributed by atoms with Crippen LogP contribution in [0.2, 0.25) is 0 Å². The summed E-state index contributed by atoms with van der Waals surface area (Å²) in [6.45, 7) is 6.33. The number of aryl methyl sites for hydroxylation is 2. The zero-order valence-corrected chi connectivity index (χ0v) is 19.7. The van der Waals surface area contributed by atoms with E-state index in [4.69, 9.17) is 26.4 Å². The first-order valence-electron chi connectivity index (χ1n) is 10.2. The summed E-state index contributed by atoms with van der Waals surface area (Å²) in [6.07, 6.45) is 0. The lowest BCUT2D eigenvalue weighted by molar-refractivity contribution is -0.140. The first-order valence-corrected chi connectivity index (χ1v) is 10.6. The van der Waals surface area contributed by atoms with Gasteiger partial charge in [-0.1, -0.05) is 12.1 Å². The average molecular weight is 457 g/mol. The summed E-state index contributed by atoms with van der Waals surface area (Å²) in [6, 6.07) is 10.4. The molecule has 8 heteroatoms. The van der Waals surface area contributed by atoms with E-state index in [0.717, 1.165) is 16.8 Å². The van der Waals surface area contributed by atoms with Gasteiger partial charge in [0.15, 0.2) is 16.6 Å². The fraction of sp³-hybridized carbons (Fsp3) is 0.333. The van der Waals surface area contributed by atoms with E-state index < -0.39 is 12.0 Å². The van der Waals surface area contributed by atoms with Crippen LogP contribution in [0.25, 0.3) is 0 Å². The lowest BCUT2D eigenvalue weighted by atomic mass is 9.94. The molecule has 2 aromatic carbocycles. The molecular weight excluding hydrogens is 428 g/mol. The Kier molecular flexibility index (Phi) is 7.37. The highest BCUT2D eigenvalue weighted by molar-refractivity contribution is 7.80. The van der Waals surface area contributed by atoms with Crippen molar-refractivity contribution in [1.29, 1.82) is 0 Å². The van der Waals surface area contributed by atoms with Crippen molar-refractivity contribution in [3.8, 4) is 11.5 Å². The first kappa shape index (κ1) is 23.6. The van der Waals surface area contributed by atoms with E-state index in [1.165, 1.54) is 7.11 Å². The van der Waals surface area contributed by atoms with Crippen molar-refractivity contribution < 1.29 is 24.1 Å². The maximum atomic E-state index is 13.1. The van der Waals surface area contributed by atoms with Gasteiger partial charge in [0.05, 0.1) is 25.3 Å². The molecule has 0 radical (unpaired) electrons. The standard InChI is InChI=1S/C24H28N2O5S/c1-14-6-8-18(12-15(14)2)26-16(3)21(23(28)31-11-10-29-4)22(25-24(26)32)17-7-9-20(30-5)19(27)13-17/h6-9,12-13,22,27H,10-11H2,1-5H3,(H,25,32)/t22-/m1/s1. The lowest BCUT2D eigenvalue weighted by Crippen LogP contribution is -2.48. The molecule has 1 heterocycles. The number of nitrogens with one attached hydrogen (secondary N) is 1. The Hall–Kier alpha value is -3.10. The summed E-state index contributed by atoms with van der Waals surface area (Å²) in [7, 11) is 3.02. The number of rotatable bonds is 7. The Labute approximate surface area is 193 Å². The number of benzene rings is 2. The monoisotopic (exact) mass is 456 g/mol. The minimum atomic E-state index is -0.600. The van der Waals surface area contributed by atoms with Crippen molar-refractivity contribution in [1.82, 2.24) is 5.32 Å². The van der Waals surface area contributed by atoms with Crippen molar-refractivity contribution in [2.45, 2.75) is 26.8 Å². The van der Waals surface area contributed by atoms with Gasteiger partial charge in [0, 0.05) is 18.5 Å². The van der Waals surface area contributed by atoms with E-state index >= 15 is 0 Å².